The molecule has 0 aliphatic carbocycles. The summed E-state index contributed by atoms with van der Waals surface area (Å²) >= 11 is 0. The lowest BCUT2D eigenvalue weighted by Gasteiger charge is -2.01. The van der Waals surface area contributed by atoms with Crippen molar-refractivity contribution in [3.05, 3.63) is 59.2 Å². The fraction of sp³-hybridized carbons (Fsp3) is 0.214. The van der Waals surface area contributed by atoms with Crippen LogP contribution in [0.5, 0.6) is 0 Å². The first kappa shape index (κ1) is 13.2. The monoisotopic (exact) mass is 232 g/mol. The third kappa shape index (κ3) is 5.11. The zero-order valence-corrected chi connectivity index (χ0v) is 9.99. The highest BCUT2D eigenvalue weighted by atomic mass is 19.1. The van der Waals surface area contributed by atoms with Crippen molar-refractivity contribution in [2.75, 3.05) is 0 Å². The van der Waals surface area contributed by atoms with Gasteiger partial charge in [-0.15, -0.1) is 0 Å². The van der Waals surface area contributed by atoms with Crippen molar-refractivity contribution >= 4 is 6.72 Å². The van der Waals surface area contributed by atoms with Crippen LogP contribution in [0.1, 0.15) is 18.9 Å². The Bertz CT molecular complexity index is 430. The van der Waals surface area contributed by atoms with Crippen molar-refractivity contribution in [3.63, 3.8) is 0 Å². The molecule has 0 spiro atoms. The molecule has 1 rings (SSSR count). The number of hydrogen-bond donors (Lipinski definition) is 1. The summed E-state index contributed by atoms with van der Waals surface area (Å²) in [6, 6.07) is 6.57. The number of nitrogens with two attached hydrogens (primary N) is 1. The van der Waals surface area contributed by atoms with Crippen LogP contribution in [-0.4, -0.2) is 6.72 Å². The van der Waals surface area contributed by atoms with Crippen molar-refractivity contribution in [2.24, 2.45) is 10.7 Å². The molecule has 0 radical (unpaired) electrons. The summed E-state index contributed by atoms with van der Waals surface area (Å²) in [6.45, 7) is 5.36. The van der Waals surface area contributed by atoms with E-state index in [1.54, 1.807) is 18.2 Å². The zero-order valence-electron chi connectivity index (χ0n) is 9.99. The Morgan fingerprint density at radius 1 is 1.35 bits per heavy atom. The van der Waals surface area contributed by atoms with Gasteiger partial charge in [-0.1, -0.05) is 23.8 Å². The molecule has 0 saturated carbocycles. The molecule has 0 aromatic heterocycles. The van der Waals surface area contributed by atoms with Crippen LogP contribution in [0.15, 0.2) is 52.8 Å². The Hall–Kier alpha value is -1.90. The Morgan fingerprint density at radius 2 is 2.00 bits per heavy atom. The summed E-state index contributed by atoms with van der Waals surface area (Å²) < 4.78 is 12.7. The minimum atomic E-state index is -0.200. The largest absolute Gasteiger partial charge is 0.384 e. The molecule has 17 heavy (non-hydrogen) atoms. The second-order valence-corrected chi connectivity index (χ2v) is 3.89. The Labute approximate surface area is 101 Å². The van der Waals surface area contributed by atoms with Crippen LogP contribution in [-0.2, 0) is 6.42 Å². The molecular formula is C14H17FN2. The summed E-state index contributed by atoms with van der Waals surface area (Å²) in [6.07, 6.45) is 5.45. The number of benzene rings is 1. The predicted octanol–water partition coefficient (Wildman–Crippen LogP) is 3.21. The maximum absolute atomic E-state index is 12.7. The number of hydrogen-bond acceptors (Lipinski definition) is 2. The summed E-state index contributed by atoms with van der Waals surface area (Å²) in [7, 11) is 0. The van der Waals surface area contributed by atoms with E-state index >= 15 is 0 Å². The maximum Gasteiger partial charge on any atom is 0.123 e. The molecule has 0 aliphatic rings. The third-order valence-electron chi connectivity index (χ3n) is 2.44. The van der Waals surface area contributed by atoms with E-state index in [9.17, 15) is 4.39 Å². The quantitative estimate of drug-likeness (QED) is 0.614. The number of halogens is 1. The molecule has 1 aromatic rings. The van der Waals surface area contributed by atoms with E-state index in [2.05, 4.69) is 11.7 Å². The maximum atomic E-state index is 12.7. The number of allylic oxidation sites excluding steroid dienone is 3. The number of rotatable bonds is 5. The normalized spacial score (nSPS) is 12.6. The smallest absolute Gasteiger partial charge is 0.123 e. The van der Waals surface area contributed by atoms with Gasteiger partial charge in [0.25, 0.3) is 0 Å². The Balaban J connectivity index is 2.50. The molecule has 0 heterocycles. The second-order valence-electron chi connectivity index (χ2n) is 3.89. The van der Waals surface area contributed by atoms with Crippen LogP contribution in [0.4, 0.5) is 4.39 Å². The molecule has 2 N–H and O–H groups in total. The first-order valence-electron chi connectivity index (χ1n) is 5.46. The molecule has 0 saturated heterocycles. The van der Waals surface area contributed by atoms with E-state index < -0.39 is 0 Å². The molecule has 0 atom stereocenters. The van der Waals surface area contributed by atoms with Gasteiger partial charge in [-0.25, -0.2) is 9.38 Å². The average molecular weight is 232 g/mol. The molecule has 0 unspecified atom stereocenters. The van der Waals surface area contributed by atoms with E-state index in [0.29, 0.717) is 5.82 Å². The summed E-state index contributed by atoms with van der Waals surface area (Å²) in [4.78, 5) is 3.59. The molecule has 3 heteroatoms. The first-order valence-corrected chi connectivity index (χ1v) is 5.46. The Kier molecular flexibility index (Phi) is 5.14. The van der Waals surface area contributed by atoms with E-state index in [1.807, 2.05) is 13.0 Å². The van der Waals surface area contributed by atoms with Crippen LogP contribution >= 0.6 is 0 Å². The summed E-state index contributed by atoms with van der Waals surface area (Å²) in [5.74, 6) is 0.208. The van der Waals surface area contributed by atoms with E-state index in [-0.39, 0.29) is 5.82 Å². The zero-order chi connectivity index (χ0) is 12.7. The number of nitrogens with zero attached hydrogens (tertiary/aromatic N) is 1. The summed E-state index contributed by atoms with van der Waals surface area (Å²) in [5, 5.41) is 0. The van der Waals surface area contributed by atoms with Gasteiger partial charge in [-0.3, -0.25) is 0 Å². The topological polar surface area (TPSA) is 38.4 Å². The van der Waals surface area contributed by atoms with Crippen LogP contribution in [0, 0.1) is 5.82 Å². The standard InChI is InChI=1S/C14H17FN2/c1-11(4-10-14(16)17-2)3-5-12-6-8-13(15)9-7-12/h4,6-10H,2-3,5,16H2,1H3/b11-4+,14-10-. The molecule has 1 aromatic carbocycles. The van der Waals surface area contributed by atoms with Gasteiger partial charge in [0, 0.05) is 0 Å². The number of aliphatic imine (C=N–C) groups is 1. The molecule has 0 bridgehead atoms. The number of aryl methyl sites for hydroxylation is 1. The van der Waals surface area contributed by atoms with Crippen LogP contribution in [0.25, 0.3) is 0 Å². The lowest BCUT2D eigenvalue weighted by atomic mass is 10.1. The average Bonchev–Trinajstić information content (AvgIpc) is 2.35. The highest BCUT2D eigenvalue weighted by molar-refractivity contribution is 5.29. The third-order valence-corrected chi connectivity index (χ3v) is 2.44. The van der Waals surface area contributed by atoms with Gasteiger partial charge >= 0.3 is 0 Å². The van der Waals surface area contributed by atoms with Gasteiger partial charge in [0.2, 0.25) is 0 Å². The molecule has 0 fully saturated rings. The molecule has 90 valence electrons. The van der Waals surface area contributed by atoms with Gasteiger partial charge in [0.05, 0.1) is 0 Å². The van der Waals surface area contributed by atoms with Gasteiger partial charge in [-0.2, -0.15) is 0 Å². The summed E-state index contributed by atoms with van der Waals surface area (Å²) in [5.41, 5.74) is 7.81. The van der Waals surface area contributed by atoms with Crippen molar-refractivity contribution in [1.29, 1.82) is 0 Å². The molecule has 2 nitrogen and oxygen atoms in total. The minimum absolute atomic E-state index is 0.200. The second kappa shape index (κ2) is 6.63. The lowest BCUT2D eigenvalue weighted by Crippen LogP contribution is -1.91. The van der Waals surface area contributed by atoms with Gasteiger partial charge < -0.3 is 5.73 Å². The van der Waals surface area contributed by atoms with Crippen molar-refractivity contribution in [3.8, 4) is 0 Å². The fourth-order valence-corrected chi connectivity index (χ4v) is 1.36. The lowest BCUT2D eigenvalue weighted by molar-refractivity contribution is 0.627. The first-order chi connectivity index (χ1) is 8.11. The van der Waals surface area contributed by atoms with E-state index in [0.717, 1.165) is 18.4 Å². The molecular weight excluding hydrogens is 215 g/mol. The van der Waals surface area contributed by atoms with Crippen molar-refractivity contribution < 1.29 is 4.39 Å². The predicted molar refractivity (Wildman–Crippen MR) is 70.3 cm³/mol. The molecule has 0 aliphatic heterocycles. The minimum Gasteiger partial charge on any atom is -0.384 e. The van der Waals surface area contributed by atoms with E-state index in [1.165, 1.54) is 17.7 Å². The van der Waals surface area contributed by atoms with Gasteiger partial charge in [0.15, 0.2) is 0 Å². The van der Waals surface area contributed by atoms with Crippen molar-refractivity contribution in [2.45, 2.75) is 19.8 Å². The van der Waals surface area contributed by atoms with Crippen LogP contribution in [0.2, 0.25) is 0 Å². The van der Waals surface area contributed by atoms with Gasteiger partial charge in [0.1, 0.15) is 11.6 Å². The van der Waals surface area contributed by atoms with Gasteiger partial charge in [-0.05, 0) is 50.3 Å². The Morgan fingerprint density at radius 3 is 2.59 bits per heavy atom. The van der Waals surface area contributed by atoms with Crippen molar-refractivity contribution in [1.82, 2.24) is 0 Å². The SMILES string of the molecule is C=N/C(N)=C\C=C(/C)CCc1ccc(F)cc1. The van der Waals surface area contributed by atoms with E-state index in [4.69, 9.17) is 5.73 Å². The molecule has 0 amide bonds. The fourth-order valence-electron chi connectivity index (χ4n) is 1.36. The highest BCUT2D eigenvalue weighted by Gasteiger charge is 1.95. The highest BCUT2D eigenvalue weighted by Crippen LogP contribution is 2.10. The van der Waals surface area contributed by atoms with Crippen LogP contribution < -0.4 is 5.73 Å². The van der Waals surface area contributed by atoms with Crippen LogP contribution in [0.3, 0.4) is 0 Å².